The van der Waals surface area contributed by atoms with E-state index in [1.54, 1.807) is 25.1 Å². The van der Waals surface area contributed by atoms with Crippen molar-refractivity contribution < 1.29 is 22.8 Å². The van der Waals surface area contributed by atoms with Gasteiger partial charge in [-0.1, -0.05) is 41.4 Å². The van der Waals surface area contributed by atoms with Crippen molar-refractivity contribution in [2.45, 2.75) is 57.1 Å². The molecule has 2 aromatic rings. The number of amides is 3. The lowest BCUT2D eigenvalue weighted by Gasteiger charge is -2.32. The number of fused-ring (bicyclic) bond motifs is 1. The Hall–Kier alpha value is -2.62. The van der Waals surface area contributed by atoms with Crippen LogP contribution in [0.5, 0.6) is 0 Å². The van der Waals surface area contributed by atoms with Crippen molar-refractivity contribution in [1.29, 1.82) is 0 Å². The molecular formula is C24H27Cl2N3O5S. The second-order valence-electron chi connectivity index (χ2n) is 9.30. The van der Waals surface area contributed by atoms with Crippen LogP contribution in [-0.4, -0.2) is 53.5 Å². The maximum absolute atomic E-state index is 13.3. The van der Waals surface area contributed by atoms with E-state index in [4.69, 9.17) is 23.2 Å². The lowest BCUT2D eigenvalue weighted by atomic mass is 10.1. The van der Waals surface area contributed by atoms with E-state index in [9.17, 15) is 22.8 Å². The fourth-order valence-electron chi connectivity index (χ4n) is 3.68. The number of halogens is 2. The second-order valence-corrected chi connectivity index (χ2v) is 12.0. The largest absolute Gasteiger partial charge is 0.350 e. The van der Waals surface area contributed by atoms with Crippen molar-refractivity contribution in [3.05, 3.63) is 63.6 Å². The highest BCUT2D eigenvalue weighted by Crippen LogP contribution is 2.30. The van der Waals surface area contributed by atoms with Crippen molar-refractivity contribution in [2.75, 3.05) is 6.54 Å². The third-order valence-electron chi connectivity index (χ3n) is 5.46. The summed E-state index contributed by atoms with van der Waals surface area (Å²) in [5, 5.41) is 3.59. The van der Waals surface area contributed by atoms with Gasteiger partial charge < -0.3 is 10.2 Å². The summed E-state index contributed by atoms with van der Waals surface area (Å²) in [6.07, 6.45) is -0.308. The lowest BCUT2D eigenvalue weighted by molar-refractivity contribution is -0.141. The number of hydrogen-bond donors (Lipinski definition) is 1. The zero-order valence-electron chi connectivity index (χ0n) is 19.8. The fraction of sp³-hybridized carbons (Fsp3) is 0.375. The number of nitrogens with one attached hydrogen (secondary N) is 1. The van der Waals surface area contributed by atoms with Crippen LogP contribution in [0.3, 0.4) is 0 Å². The Balaban J connectivity index is 1.83. The van der Waals surface area contributed by atoms with Gasteiger partial charge in [0, 0.05) is 35.1 Å². The van der Waals surface area contributed by atoms with Gasteiger partial charge in [0.15, 0.2) is 0 Å². The van der Waals surface area contributed by atoms with Crippen molar-refractivity contribution in [2.24, 2.45) is 0 Å². The number of hydrogen-bond acceptors (Lipinski definition) is 5. The summed E-state index contributed by atoms with van der Waals surface area (Å²) in [6.45, 7) is 6.68. The summed E-state index contributed by atoms with van der Waals surface area (Å²) in [7, 11) is -4.05. The van der Waals surface area contributed by atoms with Crippen LogP contribution in [0.25, 0.3) is 0 Å². The van der Waals surface area contributed by atoms with E-state index in [0.717, 1.165) is 0 Å². The zero-order chi connectivity index (χ0) is 26.1. The molecule has 0 aromatic heterocycles. The van der Waals surface area contributed by atoms with Crippen LogP contribution < -0.4 is 5.32 Å². The maximum Gasteiger partial charge on any atom is 0.269 e. The van der Waals surface area contributed by atoms with Gasteiger partial charge in [0.2, 0.25) is 11.8 Å². The number of benzene rings is 2. The van der Waals surface area contributed by atoms with Gasteiger partial charge in [-0.2, -0.15) is 0 Å². The van der Waals surface area contributed by atoms with Crippen LogP contribution in [-0.2, 0) is 26.2 Å². The normalized spacial score (nSPS) is 15.5. The van der Waals surface area contributed by atoms with Gasteiger partial charge in [-0.3, -0.25) is 14.4 Å². The number of carbonyl (C=O) groups excluding carboxylic acids is 3. The summed E-state index contributed by atoms with van der Waals surface area (Å²) >= 11 is 12.3. The van der Waals surface area contributed by atoms with Crippen LogP contribution >= 0.6 is 23.2 Å². The molecule has 1 atom stereocenters. The first-order valence-corrected chi connectivity index (χ1v) is 13.1. The smallest absolute Gasteiger partial charge is 0.269 e. The summed E-state index contributed by atoms with van der Waals surface area (Å²) in [4.78, 5) is 40.1. The monoisotopic (exact) mass is 539 g/mol. The Morgan fingerprint density at radius 3 is 2.37 bits per heavy atom. The predicted molar refractivity (Wildman–Crippen MR) is 134 cm³/mol. The molecule has 1 aliphatic rings. The number of rotatable bonds is 7. The molecule has 3 rings (SSSR count). The standard InChI is InChI=1S/C24H27Cl2N3O5S/c1-15(22(31)27-24(2,3)4)28(14-16-9-10-17(25)13-19(16)26)21(30)11-12-29-23(32)18-7-5-6-8-20(18)35(29,33)34/h5-10,13,15H,11-12,14H2,1-4H3,(H,27,31). The van der Waals surface area contributed by atoms with E-state index in [2.05, 4.69) is 5.32 Å². The summed E-state index contributed by atoms with van der Waals surface area (Å²) < 4.78 is 26.4. The Bertz CT molecular complexity index is 1270. The van der Waals surface area contributed by atoms with E-state index in [-0.39, 0.29) is 35.9 Å². The highest BCUT2D eigenvalue weighted by atomic mass is 35.5. The van der Waals surface area contributed by atoms with E-state index in [1.165, 1.54) is 29.2 Å². The highest BCUT2D eigenvalue weighted by molar-refractivity contribution is 7.90. The molecule has 0 saturated carbocycles. The highest BCUT2D eigenvalue weighted by Gasteiger charge is 2.41. The average molecular weight is 540 g/mol. The third kappa shape index (κ3) is 5.97. The number of carbonyl (C=O) groups is 3. The topological polar surface area (TPSA) is 104 Å². The molecule has 1 aliphatic heterocycles. The van der Waals surface area contributed by atoms with Gasteiger partial charge in [0.05, 0.1) is 5.56 Å². The molecule has 3 amide bonds. The van der Waals surface area contributed by atoms with E-state index < -0.39 is 33.4 Å². The molecule has 0 radical (unpaired) electrons. The van der Waals surface area contributed by atoms with Gasteiger partial charge in [-0.05, 0) is 57.5 Å². The van der Waals surface area contributed by atoms with Crippen molar-refractivity contribution in [3.8, 4) is 0 Å². The summed E-state index contributed by atoms with van der Waals surface area (Å²) in [5.41, 5.74) is 0.111. The minimum Gasteiger partial charge on any atom is -0.350 e. The first-order valence-electron chi connectivity index (χ1n) is 10.9. The minimum atomic E-state index is -4.05. The molecule has 11 heteroatoms. The van der Waals surface area contributed by atoms with Crippen LogP contribution in [0.4, 0.5) is 0 Å². The molecule has 35 heavy (non-hydrogen) atoms. The van der Waals surface area contributed by atoms with Crippen LogP contribution in [0.15, 0.2) is 47.4 Å². The summed E-state index contributed by atoms with van der Waals surface area (Å²) in [5.74, 6) is -1.57. The van der Waals surface area contributed by atoms with Crippen LogP contribution in [0.2, 0.25) is 10.0 Å². The molecule has 1 unspecified atom stereocenters. The first kappa shape index (κ1) is 27.0. The quantitative estimate of drug-likeness (QED) is 0.575. The molecule has 8 nitrogen and oxygen atoms in total. The van der Waals surface area contributed by atoms with Crippen LogP contribution in [0, 0.1) is 0 Å². The van der Waals surface area contributed by atoms with Crippen LogP contribution in [0.1, 0.15) is 50.0 Å². The number of nitrogens with zero attached hydrogens (tertiary/aromatic N) is 2. The predicted octanol–water partition coefficient (Wildman–Crippen LogP) is 3.86. The molecule has 188 valence electrons. The Labute approximate surface area is 215 Å². The Morgan fingerprint density at radius 1 is 1.11 bits per heavy atom. The van der Waals surface area contributed by atoms with E-state index in [1.807, 2.05) is 20.8 Å². The third-order valence-corrected chi connectivity index (χ3v) is 7.89. The summed E-state index contributed by atoms with van der Waals surface area (Å²) in [6, 6.07) is 9.83. The molecule has 0 saturated heterocycles. The molecular weight excluding hydrogens is 513 g/mol. The molecule has 0 aliphatic carbocycles. The molecule has 2 aromatic carbocycles. The van der Waals surface area contributed by atoms with Crippen molar-refractivity contribution in [1.82, 2.24) is 14.5 Å². The zero-order valence-corrected chi connectivity index (χ0v) is 22.2. The first-order chi connectivity index (χ1) is 16.2. The molecule has 1 heterocycles. The Morgan fingerprint density at radius 2 is 1.77 bits per heavy atom. The van der Waals surface area contributed by atoms with Crippen molar-refractivity contribution >= 4 is 50.9 Å². The van der Waals surface area contributed by atoms with Gasteiger partial charge in [-0.15, -0.1) is 0 Å². The van der Waals surface area contributed by atoms with Gasteiger partial charge in [0.25, 0.3) is 15.9 Å². The van der Waals surface area contributed by atoms with Gasteiger partial charge in [0.1, 0.15) is 10.9 Å². The molecule has 0 spiro atoms. The second kappa shape index (κ2) is 10.2. The van der Waals surface area contributed by atoms with E-state index >= 15 is 0 Å². The Kier molecular flexibility index (Phi) is 7.83. The number of sulfonamides is 1. The van der Waals surface area contributed by atoms with Gasteiger partial charge in [-0.25, -0.2) is 12.7 Å². The SMILES string of the molecule is CC(C(=O)NC(C)(C)C)N(Cc1ccc(Cl)cc1Cl)C(=O)CCN1C(=O)c2ccccc2S1(=O)=O. The fourth-order valence-corrected chi connectivity index (χ4v) is 5.72. The molecule has 0 bridgehead atoms. The van der Waals surface area contributed by atoms with Crippen molar-refractivity contribution in [3.63, 3.8) is 0 Å². The van der Waals surface area contributed by atoms with Gasteiger partial charge >= 0.3 is 0 Å². The molecule has 1 N–H and O–H groups in total. The lowest BCUT2D eigenvalue weighted by Crippen LogP contribution is -2.52. The molecule has 0 fully saturated rings. The average Bonchev–Trinajstić information content (AvgIpc) is 2.95. The maximum atomic E-state index is 13.3. The minimum absolute atomic E-state index is 0.00547. The van der Waals surface area contributed by atoms with E-state index in [0.29, 0.717) is 19.9 Å².